The molecular formula is C30H32N4O3S. The number of hydrogen-bond donors (Lipinski definition) is 0. The Kier molecular flexibility index (Phi) is 7.81. The monoisotopic (exact) mass is 528 g/mol. The van der Waals surface area contributed by atoms with E-state index in [1.807, 2.05) is 36.4 Å². The van der Waals surface area contributed by atoms with Gasteiger partial charge in [0, 0.05) is 30.1 Å². The highest BCUT2D eigenvalue weighted by molar-refractivity contribution is 7.90. The third-order valence-corrected chi connectivity index (χ3v) is 7.58. The van der Waals surface area contributed by atoms with Crippen LogP contribution in [0.1, 0.15) is 41.4 Å². The van der Waals surface area contributed by atoms with Crippen LogP contribution in [0.25, 0.3) is 22.4 Å². The van der Waals surface area contributed by atoms with Crippen molar-refractivity contribution < 1.29 is 14.1 Å². The minimum Gasteiger partial charge on any atom is -0.617 e. The summed E-state index contributed by atoms with van der Waals surface area (Å²) in [7, 11) is 0. The fourth-order valence-electron chi connectivity index (χ4n) is 4.63. The van der Waals surface area contributed by atoms with E-state index in [-0.39, 0.29) is 5.91 Å². The minimum absolute atomic E-state index is 0.0883. The van der Waals surface area contributed by atoms with Crippen LogP contribution in [0.15, 0.2) is 73.1 Å². The predicted molar refractivity (Wildman–Crippen MR) is 151 cm³/mol. The standard InChI is InChI=1S/C30H32N4O3S/c1-21(2)23-6-4-22(5-7-23)20-37-26-10-8-24(9-11-26)27-28(25-12-14-31-15-13-25)32-34-17-16-33(18-19-38(3)36)30(35)29(27)34/h4-15,21H,16-20H2,1-3H3. The van der Waals surface area contributed by atoms with Crippen molar-refractivity contribution in [1.29, 1.82) is 0 Å². The number of rotatable bonds is 9. The molecule has 1 unspecified atom stereocenters. The van der Waals surface area contributed by atoms with Crippen LogP contribution in [0.5, 0.6) is 5.75 Å². The van der Waals surface area contributed by atoms with E-state index in [4.69, 9.17) is 9.84 Å². The second-order valence-electron chi connectivity index (χ2n) is 9.81. The maximum Gasteiger partial charge on any atom is 0.273 e. The smallest absolute Gasteiger partial charge is 0.273 e. The van der Waals surface area contributed by atoms with Crippen molar-refractivity contribution in [3.05, 3.63) is 89.9 Å². The van der Waals surface area contributed by atoms with E-state index in [0.717, 1.165) is 33.7 Å². The molecule has 0 spiro atoms. The Bertz CT molecular complexity index is 1380. The number of pyridine rings is 1. The van der Waals surface area contributed by atoms with Gasteiger partial charge in [0.2, 0.25) is 0 Å². The zero-order chi connectivity index (χ0) is 26.6. The summed E-state index contributed by atoms with van der Waals surface area (Å²) in [5, 5.41) is 4.85. The topological polar surface area (TPSA) is 83.3 Å². The van der Waals surface area contributed by atoms with Gasteiger partial charge in [-0.15, -0.1) is 0 Å². The average Bonchev–Trinajstić information content (AvgIpc) is 3.33. The summed E-state index contributed by atoms with van der Waals surface area (Å²) in [6.45, 7) is 6.45. The molecule has 3 heterocycles. The van der Waals surface area contributed by atoms with E-state index in [1.54, 1.807) is 28.2 Å². The Balaban J connectivity index is 1.43. The molecule has 5 rings (SSSR count). The highest BCUT2D eigenvalue weighted by atomic mass is 32.2. The SMILES string of the molecule is CC(C)c1ccc(COc2ccc(-c3c(-c4ccncc4)nn4c3C(=O)N(CC[S+](C)[O-])CC4)cc2)cc1. The molecule has 7 nitrogen and oxygen atoms in total. The molecule has 4 aromatic rings. The molecule has 1 atom stereocenters. The number of hydrogen-bond acceptors (Lipinski definition) is 5. The third-order valence-electron chi connectivity index (χ3n) is 6.82. The Morgan fingerprint density at radius 2 is 1.68 bits per heavy atom. The fraction of sp³-hybridized carbons (Fsp3) is 0.300. The van der Waals surface area contributed by atoms with Crippen LogP contribution < -0.4 is 4.74 Å². The molecule has 38 heavy (non-hydrogen) atoms. The second kappa shape index (κ2) is 11.4. The van der Waals surface area contributed by atoms with E-state index in [2.05, 4.69) is 43.1 Å². The van der Waals surface area contributed by atoms with Gasteiger partial charge in [-0.2, -0.15) is 5.10 Å². The Morgan fingerprint density at radius 3 is 2.34 bits per heavy atom. The lowest BCUT2D eigenvalue weighted by Crippen LogP contribution is -2.42. The van der Waals surface area contributed by atoms with E-state index >= 15 is 0 Å². The van der Waals surface area contributed by atoms with Crippen LogP contribution in [0.2, 0.25) is 0 Å². The van der Waals surface area contributed by atoms with Crippen LogP contribution in [0, 0.1) is 0 Å². The number of amides is 1. The lowest BCUT2D eigenvalue weighted by atomic mass is 9.98. The summed E-state index contributed by atoms with van der Waals surface area (Å²) in [5.41, 5.74) is 6.31. The van der Waals surface area contributed by atoms with Gasteiger partial charge in [-0.25, -0.2) is 0 Å². The van der Waals surface area contributed by atoms with Crippen molar-refractivity contribution in [1.82, 2.24) is 19.7 Å². The van der Waals surface area contributed by atoms with Gasteiger partial charge in [0.25, 0.3) is 5.91 Å². The van der Waals surface area contributed by atoms with Crippen LogP contribution in [-0.4, -0.2) is 55.2 Å². The molecule has 0 saturated carbocycles. The van der Waals surface area contributed by atoms with Crippen LogP contribution in [0.4, 0.5) is 0 Å². The first-order chi connectivity index (χ1) is 18.4. The summed E-state index contributed by atoms with van der Waals surface area (Å²) in [6.07, 6.45) is 5.12. The molecule has 0 fully saturated rings. The number of nitrogens with zero attached hydrogens (tertiary/aromatic N) is 4. The van der Waals surface area contributed by atoms with E-state index in [1.165, 1.54) is 5.56 Å². The molecular weight excluding hydrogens is 496 g/mol. The number of carbonyl (C=O) groups excluding carboxylic acids is 1. The number of carbonyl (C=O) groups is 1. The lowest BCUT2D eigenvalue weighted by molar-refractivity contribution is 0.0710. The van der Waals surface area contributed by atoms with E-state index < -0.39 is 11.2 Å². The van der Waals surface area contributed by atoms with Crippen molar-refractivity contribution in [3.8, 4) is 28.1 Å². The van der Waals surface area contributed by atoms with Gasteiger partial charge < -0.3 is 14.2 Å². The van der Waals surface area contributed by atoms with Gasteiger partial charge in [-0.1, -0.05) is 61.4 Å². The normalized spacial score (nSPS) is 14.0. The average molecular weight is 529 g/mol. The molecule has 0 aliphatic carbocycles. The summed E-state index contributed by atoms with van der Waals surface area (Å²) in [6, 6.07) is 20.1. The van der Waals surface area contributed by atoms with Crippen molar-refractivity contribution >= 4 is 17.1 Å². The number of aromatic nitrogens is 3. The first-order valence-electron chi connectivity index (χ1n) is 12.8. The van der Waals surface area contributed by atoms with Crippen LogP contribution in [0.3, 0.4) is 0 Å². The van der Waals surface area contributed by atoms with Gasteiger partial charge in [0.1, 0.15) is 29.5 Å². The zero-order valence-electron chi connectivity index (χ0n) is 22.0. The maximum absolute atomic E-state index is 13.6. The van der Waals surface area contributed by atoms with Crippen molar-refractivity contribution in [2.75, 3.05) is 25.1 Å². The number of benzene rings is 2. The molecule has 2 aromatic heterocycles. The van der Waals surface area contributed by atoms with E-state index in [9.17, 15) is 9.35 Å². The molecule has 0 radical (unpaired) electrons. The molecule has 2 aromatic carbocycles. The highest BCUT2D eigenvalue weighted by Gasteiger charge is 2.32. The van der Waals surface area contributed by atoms with Crippen LogP contribution in [-0.2, 0) is 24.3 Å². The lowest BCUT2D eigenvalue weighted by Gasteiger charge is -2.28. The Hall–Kier alpha value is -3.62. The van der Waals surface area contributed by atoms with Crippen molar-refractivity contribution in [3.63, 3.8) is 0 Å². The summed E-state index contributed by atoms with van der Waals surface area (Å²) in [4.78, 5) is 19.5. The quantitative estimate of drug-likeness (QED) is 0.281. The van der Waals surface area contributed by atoms with Crippen molar-refractivity contribution in [2.45, 2.75) is 32.9 Å². The maximum atomic E-state index is 13.6. The highest BCUT2D eigenvalue weighted by Crippen LogP contribution is 2.37. The van der Waals surface area contributed by atoms with E-state index in [0.29, 0.717) is 43.6 Å². The van der Waals surface area contributed by atoms with Gasteiger partial charge >= 0.3 is 0 Å². The van der Waals surface area contributed by atoms with Gasteiger partial charge in [0.05, 0.1) is 19.3 Å². The molecule has 0 bridgehead atoms. The molecule has 8 heteroatoms. The Morgan fingerprint density at radius 1 is 0.974 bits per heavy atom. The van der Waals surface area contributed by atoms with Gasteiger partial charge in [0.15, 0.2) is 0 Å². The summed E-state index contributed by atoms with van der Waals surface area (Å²) in [5.74, 6) is 1.62. The second-order valence-corrected chi connectivity index (χ2v) is 11.4. The predicted octanol–water partition coefficient (Wildman–Crippen LogP) is 5.15. The summed E-state index contributed by atoms with van der Waals surface area (Å²) >= 11 is -0.965. The molecule has 1 aliphatic rings. The molecule has 0 saturated heterocycles. The molecule has 196 valence electrons. The number of ether oxygens (including phenoxy) is 1. The van der Waals surface area contributed by atoms with Crippen molar-refractivity contribution in [2.24, 2.45) is 0 Å². The minimum atomic E-state index is -0.965. The molecule has 1 amide bonds. The van der Waals surface area contributed by atoms with Gasteiger partial charge in [-0.05, 0) is 46.9 Å². The largest absolute Gasteiger partial charge is 0.617 e. The van der Waals surface area contributed by atoms with Gasteiger partial charge in [-0.3, -0.25) is 14.5 Å². The van der Waals surface area contributed by atoms with Crippen LogP contribution >= 0.6 is 0 Å². The first-order valence-corrected chi connectivity index (χ1v) is 14.6. The summed E-state index contributed by atoms with van der Waals surface area (Å²) < 4.78 is 19.5. The zero-order valence-corrected chi connectivity index (χ0v) is 22.8. The third kappa shape index (κ3) is 5.61. The first kappa shape index (κ1) is 26.0. The fourth-order valence-corrected chi connectivity index (χ4v) is 5.11. The molecule has 1 aliphatic heterocycles. The molecule has 0 N–H and O–H groups in total. The Labute approximate surface area is 226 Å². The number of fused-ring (bicyclic) bond motifs is 1.